The van der Waals surface area contributed by atoms with Crippen LogP contribution in [-0.4, -0.2) is 67.9 Å². The third-order valence-electron chi connectivity index (χ3n) is 3.45. The molecule has 1 aromatic rings. The van der Waals surface area contributed by atoms with Crippen LogP contribution in [0.3, 0.4) is 0 Å². The van der Waals surface area contributed by atoms with E-state index in [1.165, 1.54) is 6.26 Å². The first-order chi connectivity index (χ1) is 9.44. The van der Waals surface area contributed by atoms with E-state index in [0.29, 0.717) is 11.6 Å². The van der Waals surface area contributed by atoms with Gasteiger partial charge in [-0.1, -0.05) is 11.6 Å². The minimum atomic E-state index is -2.87. The predicted molar refractivity (Wildman–Crippen MR) is 80.7 cm³/mol. The molecule has 0 saturated carbocycles. The molecule has 1 fully saturated rings. The molecule has 112 valence electrons. The van der Waals surface area contributed by atoms with Gasteiger partial charge >= 0.3 is 0 Å². The van der Waals surface area contributed by atoms with Gasteiger partial charge in [-0.2, -0.15) is 0 Å². The number of halogens is 1. The first-order valence-corrected chi connectivity index (χ1v) is 9.10. The van der Waals surface area contributed by atoms with Crippen molar-refractivity contribution in [2.24, 2.45) is 0 Å². The van der Waals surface area contributed by atoms with Crippen LogP contribution in [0.15, 0.2) is 18.3 Å². The summed E-state index contributed by atoms with van der Waals surface area (Å²) in [6.45, 7) is 4.98. The number of aromatic nitrogens is 1. The molecule has 0 N–H and O–H groups in total. The lowest BCUT2D eigenvalue weighted by molar-refractivity contribution is 0.131. The molecule has 7 heteroatoms. The lowest BCUT2D eigenvalue weighted by Gasteiger charge is -2.34. The van der Waals surface area contributed by atoms with E-state index >= 15 is 0 Å². The van der Waals surface area contributed by atoms with E-state index in [9.17, 15) is 8.42 Å². The van der Waals surface area contributed by atoms with Crippen LogP contribution in [0.2, 0.25) is 5.02 Å². The van der Waals surface area contributed by atoms with Crippen LogP contribution in [0.5, 0.6) is 0 Å². The molecule has 0 atom stereocenters. The summed E-state index contributed by atoms with van der Waals surface area (Å²) in [4.78, 5) is 8.78. The molecule has 5 nitrogen and oxygen atoms in total. The van der Waals surface area contributed by atoms with Gasteiger partial charge in [-0.3, -0.25) is 14.8 Å². The minimum absolute atomic E-state index is 0.235. The van der Waals surface area contributed by atoms with Gasteiger partial charge in [0.2, 0.25) is 0 Å². The molecule has 1 aliphatic rings. The zero-order chi connectivity index (χ0) is 14.6. The van der Waals surface area contributed by atoms with Crippen molar-refractivity contribution < 1.29 is 8.42 Å². The molecule has 0 aliphatic carbocycles. The molecule has 1 aliphatic heterocycles. The van der Waals surface area contributed by atoms with Gasteiger partial charge < -0.3 is 0 Å². The lowest BCUT2D eigenvalue weighted by atomic mass is 10.2. The summed E-state index contributed by atoms with van der Waals surface area (Å²) in [5.41, 5.74) is 0.902. The second-order valence-electron chi connectivity index (χ2n) is 5.18. The van der Waals surface area contributed by atoms with Crippen molar-refractivity contribution in [2.75, 3.05) is 44.7 Å². The Bertz CT molecular complexity index is 542. The van der Waals surface area contributed by atoms with Gasteiger partial charge in [-0.15, -0.1) is 0 Å². The van der Waals surface area contributed by atoms with Crippen LogP contribution < -0.4 is 0 Å². The number of piperazine rings is 1. The normalized spacial score (nSPS) is 18.3. The third-order valence-corrected chi connectivity index (χ3v) is 4.72. The monoisotopic (exact) mass is 317 g/mol. The average molecular weight is 318 g/mol. The summed E-state index contributed by atoms with van der Waals surface area (Å²) in [5.74, 6) is 0.235. The smallest absolute Gasteiger partial charge is 0.148 e. The molecular formula is C13H20ClN3O2S. The van der Waals surface area contributed by atoms with E-state index in [1.54, 1.807) is 6.20 Å². The molecule has 2 heterocycles. The van der Waals surface area contributed by atoms with Gasteiger partial charge in [0.25, 0.3) is 0 Å². The van der Waals surface area contributed by atoms with E-state index in [0.717, 1.165) is 38.4 Å². The molecule has 0 spiro atoms. The number of sulfone groups is 1. The Morgan fingerprint density at radius 1 is 1.25 bits per heavy atom. The van der Waals surface area contributed by atoms with Crippen molar-refractivity contribution in [1.29, 1.82) is 0 Å². The van der Waals surface area contributed by atoms with Crippen molar-refractivity contribution in [2.45, 2.75) is 6.54 Å². The molecule has 0 unspecified atom stereocenters. The highest BCUT2D eigenvalue weighted by Crippen LogP contribution is 2.15. The molecule has 0 bridgehead atoms. The zero-order valence-electron chi connectivity index (χ0n) is 11.6. The van der Waals surface area contributed by atoms with Crippen LogP contribution in [0.25, 0.3) is 0 Å². The van der Waals surface area contributed by atoms with Crippen LogP contribution in [0.1, 0.15) is 5.69 Å². The number of hydrogen-bond acceptors (Lipinski definition) is 5. The van der Waals surface area contributed by atoms with E-state index < -0.39 is 9.84 Å². The van der Waals surface area contributed by atoms with Gasteiger partial charge in [0.15, 0.2) is 0 Å². The van der Waals surface area contributed by atoms with Crippen molar-refractivity contribution in [3.05, 3.63) is 29.0 Å². The van der Waals surface area contributed by atoms with E-state index in [4.69, 9.17) is 11.6 Å². The molecule has 2 rings (SSSR count). The third kappa shape index (κ3) is 5.01. The standard InChI is InChI=1S/C13H20ClN3O2S/c1-20(18,19)10-9-16-5-7-17(8-6-16)11-13-12(14)3-2-4-15-13/h2-4H,5-11H2,1H3. The summed E-state index contributed by atoms with van der Waals surface area (Å²) >= 11 is 6.11. The topological polar surface area (TPSA) is 53.5 Å². The Balaban J connectivity index is 1.79. The predicted octanol–water partition coefficient (Wildman–Crippen LogP) is 0.897. The number of pyridine rings is 1. The lowest BCUT2D eigenvalue weighted by Crippen LogP contribution is -2.47. The Hall–Kier alpha value is -0.690. The molecule has 20 heavy (non-hydrogen) atoms. The summed E-state index contributed by atoms with van der Waals surface area (Å²) in [5, 5.41) is 0.701. The Morgan fingerprint density at radius 3 is 2.50 bits per heavy atom. The zero-order valence-corrected chi connectivity index (χ0v) is 13.2. The van der Waals surface area contributed by atoms with Gasteiger partial charge in [0.05, 0.1) is 16.5 Å². The molecular weight excluding hydrogens is 298 g/mol. The van der Waals surface area contributed by atoms with Crippen LogP contribution in [0, 0.1) is 0 Å². The fourth-order valence-electron chi connectivity index (χ4n) is 2.21. The maximum absolute atomic E-state index is 11.2. The highest BCUT2D eigenvalue weighted by atomic mass is 35.5. The van der Waals surface area contributed by atoms with Crippen molar-refractivity contribution >= 4 is 21.4 Å². The number of hydrogen-bond donors (Lipinski definition) is 0. The Labute approximate surface area is 125 Å². The summed E-state index contributed by atoms with van der Waals surface area (Å²) in [7, 11) is -2.87. The first kappa shape index (κ1) is 15.7. The number of nitrogens with zero attached hydrogens (tertiary/aromatic N) is 3. The molecule has 1 aromatic heterocycles. The van der Waals surface area contributed by atoms with Gasteiger partial charge in [-0.25, -0.2) is 8.42 Å². The van der Waals surface area contributed by atoms with Gasteiger partial charge in [0, 0.05) is 51.7 Å². The van der Waals surface area contributed by atoms with E-state index in [-0.39, 0.29) is 5.75 Å². The second kappa shape index (κ2) is 6.85. The van der Waals surface area contributed by atoms with Crippen LogP contribution >= 0.6 is 11.6 Å². The van der Waals surface area contributed by atoms with Crippen molar-refractivity contribution in [3.8, 4) is 0 Å². The SMILES string of the molecule is CS(=O)(=O)CCN1CCN(Cc2ncccc2Cl)CC1. The Kier molecular flexibility index (Phi) is 5.37. The number of rotatable bonds is 5. The maximum Gasteiger partial charge on any atom is 0.148 e. The van der Waals surface area contributed by atoms with Crippen molar-refractivity contribution in [1.82, 2.24) is 14.8 Å². The van der Waals surface area contributed by atoms with Gasteiger partial charge in [-0.05, 0) is 12.1 Å². The fourth-order valence-corrected chi connectivity index (χ4v) is 2.98. The first-order valence-electron chi connectivity index (χ1n) is 6.66. The van der Waals surface area contributed by atoms with E-state index in [1.807, 2.05) is 12.1 Å². The highest BCUT2D eigenvalue weighted by molar-refractivity contribution is 7.90. The fraction of sp³-hybridized carbons (Fsp3) is 0.615. The highest BCUT2D eigenvalue weighted by Gasteiger charge is 2.18. The minimum Gasteiger partial charge on any atom is -0.300 e. The maximum atomic E-state index is 11.2. The second-order valence-corrected chi connectivity index (χ2v) is 7.85. The van der Waals surface area contributed by atoms with Crippen LogP contribution in [-0.2, 0) is 16.4 Å². The summed E-state index contributed by atoms with van der Waals surface area (Å²) < 4.78 is 22.3. The molecule has 0 amide bonds. The molecule has 0 aromatic carbocycles. The summed E-state index contributed by atoms with van der Waals surface area (Å²) in [6.07, 6.45) is 3.04. The largest absolute Gasteiger partial charge is 0.300 e. The average Bonchev–Trinajstić information content (AvgIpc) is 2.40. The van der Waals surface area contributed by atoms with E-state index in [2.05, 4.69) is 14.8 Å². The quantitative estimate of drug-likeness (QED) is 0.807. The summed E-state index contributed by atoms with van der Waals surface area (Å²) in [6, 6.07) is 3.68. The van der Waals surface area contributed by atoms with Crippen molar-refractivity contribution in [3.63, 3.8) is 0 Å². The van der Waals surface area contributed by atoms with Crippen LogP contribution in [0.4, 0.5) is 0 Å². The Morgan fingerprint density at radius 2 is 1.90 bits per heavy atom. The van der Waals surface area contributed by atoms with Gasteiger partial charge in [0.1, 0.15) is 9.84 Å². The molecule has 0 radical (unpaired) electrons. The molecule has 1 saturated heterocycles.